The molecule has 0 spiro atoms. The van der Waals surface area contributed by atoms with E-state index in [1.54, 1.807) is 6.92 Å². The molecule has 0 bridgehead atoms. The molecule has 180 valence electrons. The number of hydrogen-bond donors (Lipinski definition) is 2. The maximum absolute atomic E-state index is 13.2. The van der Waals surface area contributed by atoms with E-state index in [4.69, 9.17) is 0 Å². The molecule has 7 heteroatoms. The molecule has 2 aromatic carbocycles. The molecule has 2 fully saturated rings. The van der Waals surface area contributed by atoms with Crippen molar-refractivity contribution in [3.63, 3.8) is 0 Å². The fourth-order valence-electron chi connectivity index (χ4n) is 5.75. The molecule has 2 saturated heterocycles. The number of amides is 3. The van der Waals surface area contributed by atoms with Gasteiger partial charge < -0.3 is 15.5 Å². The van der Waals surface area contributed by atoms with Crippen molar-refractivity contribution in [2.24, 2.45) is 5.92 Å². The third-order valence-electron chi connectivity index (χ3n) is 7.39. The van der Waals surface area contributed by atoms with Crippen LogP contribution in [0.4, 0.5) is 5.69 Å². The van der Waals surface area contributed by atoms with Gasteiger partial charge in [0.25, 0.3) is 0 Å². The number of hydrogen-bond acceptors (Lipinski definition) is 4. The quantitative estimate of drug-likeness (QED) is 0.716. The SMILES string of the molecule is CC(=O)N[C@@]12CN(C(C)=O)CC[C@@H]1[C@@H](c1ccccc1)N(CC(=O)Nc1cccc(C)c1C)C2. The zero-order chi connectivity index (χ0) is 24.5. The van der Waals surface area contributed by atoms with Gasteiger partial charge in [-0.05, 0) is 43.0 Å². The smallest absolute Gasteiger partial charge is 0.238 e. The van der Waals surface area contributed by atoms with E-state index >= 15 is 0 Å². The first-order valence-electron chi connectivity index (χ1n) is 11.9. The van der Waals surface area contributed by atoms with Crippen LogP contribution in [-0.4, -0.2) is 59.2 Å². The molecule has 2 N–H and O–H groups in total. The zero-order valence-corrected chi connectivity index (χ0v) is 20.4. The van der Waals surface area contributed by atoms with Crippen LogP contribution in [0.5, 0.6) is 0 Å². The number of carbonyl (C=O) groups is 3. The summed E-state index contributed by atoms with van der Waals surface area (Å²) in [5, 5.41) is 6.28. The molecule has 0 aromatic heterocycles. The number of benzene rings is 2. The van der Waals surface area contributed by atoms with Crippen LogP contribution in [0.2, 0.25) is 0 Å². The second kappa shape index (κ2) is 9.58. The molecule has 2 aliphatic rings. The normalized spacial score (nSPS) is 24.4. The average molecular weight is 463 g/mol. The number of rotatable bonds is 5. The number of nitrogens with zero attached hydrogens (tertiary/aromatic N) is 2. The third kappa shape index (κ3) is 4.71. The summed E-state index contributed by atoms with van der Waals surface area (Å²) in [6.07, 6.45) is 0.758. The second-order valence-corrected chi connectivity index (χ2v) is 9.73. The van der Waals surface area contributed by atoms with Gasteiger partial charge in [0.15, 0.2) is 0 Å². The van der Waals surface area contributed by atoms with Gasteiger partial charge >= 0.3 is 0 Å². The van der Waals surface area contributed by atoms with Crippen molar-refractivity contribution in [2.75, 3.05) is 31.5 Å². The zero-order valence-electron chi connectivity index (χ0n) is 20.4. The number of fused-ring (bicyclic) bond motifs is 1. The molecule has 7 nitrogen and oxygen atoms in total. The molecule has 2 aromatic rings. The molecule has 0 radical (unpaired) electrons. The Morgan fingerprint density at radius 1 is 1.00 bits per heavy atom. The van der Waals surface area contributed by atoms with Crippen molar-refractivity contribution in [1.29, 1.82) is 0 Å². The summed E-state index contributed by atoms with van der Waals surface area (Å²) in [7, 11) is 0. The number of aryl methyl sites for hydroxylation is 1. The molecule has 0 saturated carbocycles. The Hall–Kier alpha value is -3.19. The van der Waals surface area contributed by atoms with Crippen molar-refractivity contribution < 1.29 is 14.4 Å². The minimum Gasteiger partial charge on any atom is -0.347 e. The second-order valence-electron chi connectivity index (χ2n) is 9.73. The molecule has 2 heterocycles. The van der Waals surface area contributed by atoms with Gasteiger partial charge in [-0.1, -0.05) is 42.5 Å². The van der Waals surface area contributed by atoms with E-state index in [1.807, 2.05) is 55.1 Å². The highest BCUT2D eigenvalue weighted by Gasteiger charge is 2.56. The lowest BCUT2D eigenvalue weighted by Gasteiger charge is -2.45. The van der Waals surface area contributed by atoms with Gasteiger partial charge in [-0.3, -0.25) is 19.3 Å². The van der Waals surface area contributed by atoms with Crippen LogP contribution in [0.25, 0.3) is 0 Å². The molecular formula is C27H34N4O3. The molecular weight excluding hydrogens is 428 g/mol. The van der Waals surface area contributed by atoms with Crippen LogP contribution in [0.3, 0.4) is 0 Å². The summed E-state index contributed by atoms with van der Waals surface area (Å²) in [4.78, 5) is 41.7. The summed E-state index contributed by atoms with van der Waals surface area (Å²) in [5.74, 6) is -0.118. The van der Waals surface area contributed by atoms with Gasteiger partial charge in [-0.15, -0.1) is 0 Å². The van der Waals surface area contributed by atoms with E-state index < -0.39 is 5.54 Å². The third-order valence-corrected chi connectivity index (χ3v) is 7.39. The van der Waals surface area contributed by atoms with Crippen molar-refractivity contribution in [3.8, 4) is 0 Å². The largest absolute Gasteiger partial charge is 0.347 e. The Labute approximate surface area is 201 Å². The summed E-state index contributed by atoms with van der Waals surface area (Å²) in [6.45, 7) is 8.92. The minimum atomic E-state index is -0.601. The van der Waals surface area contributed by atoms with Gasteiger partial charge in [0.1, 0.15) is 0 Å². The maximum atomic E-state index is 13.2. The van der Waals surface area contributed by atoms with E-state index in [2.05, 4.69) is 27.7 Å². The lowest BCUT2D eigenvalue weighted by Crippen LogP contribution is -2.64. The fourth-order valence-corrected chi connectivity index (χ4v) is 5.75. The van der Waals surface area contributed by atoms with Gasteiger partial charge in [0, 0.05) is 51.1 Å². The summed E-state index contributed by atoms with van der Waals surface area (Å²) in [5.41, 5.74) is 3.52. The highest BCUT2D eigenvalue weighted by Crippen LogP contribution is 2.47. The highest BCUT2D eigenvalue weighted by atomic mass is 16.2. The first-order chi connectivity index (χ1) is 16.2. The van der Waals surface area contributed by atoms with Crippen molar-refractivity contribution in [1.82, 2.24) is 15.1 Å². The monoisotopic (exact) mass is 462 g/mol. The summed E-state index contributed by atoms with van der Waals surface area (Å²) < 4.78 is 0. The number of likely N-dealkylation sites (tertiary alicyclic amines) is 2. The van der Waals surface area contributed by atoms with E-state index in [0.717, 1.165) is 28.8 Å². The molecule has 3 amide bonds. The average Bonchev–Trinajstić information content (AvgIpc) is 3.09. The van der Waals surface area contributed by atoms with Crippen LogP contribution >= 0.6 is 0 Å². The molecule has 0 unspecified atom stereocenters. The molecule has 4 rings (SSSR count). The van der Waals surface area contributed by atoms with Crippen LogP contribution in [-0.2, 0) is 14.4 Å². The Morgan fingerprint density at radius 2 is 1.74 bits per heavy atom. The standard InChI is InChI=1S/C27H34N4O3/c1-18-9-8-12-24(19(18)2)28-25(34)15-31-17-27(29-20(3)32)16-30(21(4)33)14-13-23(27)26(31)22-10-6-5-7-11-22/h5-12,23,26H,13-17H2,1-4H3,(H,28,34)(H,29,32)/t23-,26-,27-/m1/s1. The Balaban J connectivity index is 1.65. The van der Waals surface area contributed by atoms with Crippen molar-refractivity contribution >= 4 is 23.4 Å². The molecule has 2 aliphatic heterocycles. The maximum Gasteiger partial charge on any atom is 0.238 e. The number of piperidine rings is 1. The molecule has 3 atom stereocenters. The van der Waals surface area contributed by atoms with E-state index in [-0.39, 0.29) is 36.2 Å². The van der Waals surface area contributed by atoms with Crippen LogP contribution in [0.1, 0.15) is 43.0 Å². The molecule has 34 heavy (non-hydrogen) atoms. The summed E-state index contributed by atoms with van der Waals surface area (Å²) in [6, 6.07) is 16.0. The van der Waals surface area contributed by atoms with Crippen molar-refractivity contribution in [2.45, 2.75) is 45.7 Å². The lowest BCUT2D eigenvalue weighted by molar-refractivity contribution is -0.134. The highest BCUT2D eigenvalue weighted by molar-refractivity contribution is 5.93. The number of anilines is 1. The Kier molecular flexibility index (Phi) is 6.75. The van der Waals surface area contributed by atoms with Gasteiger partial charge in [-0.25, -0.2) is 0 Å². The van der Waals surface area contributed by atoms with Crippen LogP contribution < -0.4 is 10.6 Å². The lowest BCUT2D eigenvalue weighted by atomic mass is 9.75. The van der Waals surface area contributed by atoms with Crippen LogP contribution in [0, 0.1) is 19.8 Å². The predicted molar refractivity (Wildman–Crippen MR) is 132 cm³/mol. The van der Waals surface area contributed by atoms with Gasteiger partial charge in [0.05, 0.1) is 12.1 Å². The van der Waals surface area contributed by atoms with Gasteiger partial charge in [-0.2, -0.15) is 0 Å². The number of carbonyl (C=O) groups excluding carboxylic acids is 3. The first-order valence-corrected chi connectivity index (χ1v) is 11.9. The van der Waals surface area contributed by atoms with E-state index in [9.17, 15) is 14.4 Å². The van der Waals surface area contributed by atoms with Crippen LogP contribution in [0.15, 0.2) is 48.5 Å². The first kappa shape index (κ1) is 24.0. The Morgan fingerprint density at radius 3 is 2.41 bits per heavy atom. The van der Waals surface area contributed by atoms with E-state index in [0.29, 0.717) is 19.6 Å². The Bertz CT molecular complexity index is 1090. The van der Waals surface area contributed by atoms with Gasteiger partial charge in [0.2, 0.25) is 17.7 Å². The predicted octanol–water partition coefficient (Wildman–Crippen LogP) is 3.04. The topological polar surface area (TPSA) is 81.8 Å². The minimum absolute atomic E-state index is 0.00514. The molecule has 0 aliphatic carbocycles. The van der Waals surface area contributed by atoms with Crippen molar-refractivity contribution in [3.05, 3.63) is 65.2 Å². The number of nitrogens with one attached hydrogen (secondary N) is 2. The van der Waals surface area contributed by atoms with E-state index in [1.165, 1.54) is 6.92 Å². The fraction of sp³-hybridized carbons (Fsp3) is 0.444. The summed E-state index contributed by atoms with van der Waals surface area (Å²) >= 11 is 0.